The van der Waals surface area contributed by atoms with Gasteiger partial charge in [-0.25, -0.2) is 4.39 Å². The highest BCUT2D eigenvalue weighted by Crippen LogP contribution is 2.25. The second-order valence-corrected chi connectivity index (χ2v) is 4.70. The zero-order chi connectivity index (χ0) is 14.8. The number of nitriles is 1. The second-order valence-electron chi connectivity index (χ2n) is 4.70. The standard InChI is InChI=1S/C17H11FN2O/c18-12-6-7-15-14(10-12)13(8-9-19)16(20-15)17(21)11-4-2-1-3-5-11/h1-7,10,20H,8H2. The molecule has 1 N–H and O–H groups in total. The average molecular weight is 278 g/mol. The summed E-state index contributed by atoms with van der Waals surface area (Å²) in [7, 11) is 0. The summed E-state index contributed by atoms with van der Waals surface area (Å²) in [6.07, 6.45) is 0.0529. The summed E-state index contributed by atoms with van der Waals surface area (Å²) >= 11 is 0. The lowest BCUT2D eigenvalue weighted by molar-refractivity contribution is 0.103. The Labute approximate surface area is 120 Å². The van der Waals surface area contributed by atoms with E-state index in [0.717, 1.165) is 0 Å². The lowest BCUT2D eigenvalue weighted by Gasteiger charge is -2.01. The molecule has 0 fully saturated rings. The van der Waals surface area contributed by atoms with E-state index in [9.17, 15) is 9.18 Å². The van der Waals surface area contributed by atoms with E-state index in [2.05, 4.69) is 4.98 Å². The predicted octanol–water partition coefficient (Wildman–Crippen LogP) is 3.60. The number of ketones is 1. The van der Waals surface area contributed by atoms with E-state index in [4.69, 9.17) is 5.26 Å². The number of halogens is 1. The summed E-state index contributed by atoms with van der Waals surface area (Å²) in [4.78, 5) is 15.6. The van der Waals surface area contributed by atoms with Gasteiger partial charge in [0.05, 0.1) is 18.2 Å². The molecule has 21 heavy (non-hydrogen) atoms. The van der Waals surface area contributed by atoms with Crippen molar-refractivity contribution in [2.75, 3.05) is 0 Å². The van der Waals surface area contributed by atoms with E-state index < -0.39 is 0 Å². The Bertz CT molecular complexity index is 860. The normalized spacial score (nSPS) is 10.5. The quantitative estimate of drug-likeness (QED) is 0.744. The van der Waals surface area contributed by atoms with E-state index in [1.807, 2.05) is 12.1 Å². The molecule has 0 unspecified atom stereocenters. The van der Waals surface area contributed by atoms with Crippen LogP contribution in [0.2, 0.25) is 0 Å². The van der Waals surface area contributed by atoms with Crippen LogP contribution in [0.3, 0.4) is 0 Å². The monoisotopic (exact) mass is 278 g/mol. The number of hydrogen-bond acceptors (Lipinski definition) is 2. The van der Waals surface area contributed by atoms with E-state index >= 15 is 0 Å². The minimum atomic E-state index is -0.389. The number of hydrogen-bond donors (Lipinski definition) is 1. The van der Waals surface area contributed by atoms with E-state index in [-0.39, 0.29) is 18.0 Å². The van der Waals surface area contributed by atoms with Gasteiger partial charge in [0.2, 0.25) is 5.78 Å². The van der Waals surface area contributed by atoms with Crippen molar-refractivity contribution >= 4 is 16.7 Å². The maximum Gasteiger partial charge on any atom is 0.209 e. The fourth-order valence-corrected chi connectivity index (χ4v) is 2.41. The van der Waals surface area contributed by atoms with Crippen LogP contribution in [-0.2, 0) is 6.42 Å². The Morgan fingerprint density at radius 2 is 1.95 bits per heavy atom. The van der Waals surface area contributed by atoms with Gasteiger partial charge >= 0.3 is 0 Å². The number of nitrogens with zero attached hydrogens (tertiary/aromatic N) is 1. The van der Waals surface area contributed by atoms with Gasteiger partial charge < -0.3 is 4.98 Å². The van der Waals surface area contributed by atoms with Crippen molar-refractivity contribution < 1.29 is 9.18 Å². The van der Waals surface area contributed by atoms with Crippen LogP contribution in [-0.4, -0.2) is 10.8 Å². The molecule has 0 aliphatic carbocycles. The molecular weight excluding hydrogens is 267 g/mol. The Morgan fingerprint density at radius 1 is 1.19 bits per heavy atom. The average Bonchev–Trinajstić information content (AvgIpc) is 2.86. The van der Waals surface area contributed by atoms with Crippen LogP contribution in [0.25, 0.3) is 10.9 Å². The Hall–Kier alpha value is -2.93. The summed E-state index contributed by atoms with van der Waals surface area (Å²) in [5.74, 6) is -0.586. The number of carbonyl (C=O) groups is 1. The molecular formula is C17H11FN2O. The maximum atomic E-state index is 13.4. The largest absolute Gasteiger partial charge is 0.352 e. The molecule has 0 bridgehead atoms. The maximum absolute atomic E-state index is 13.4. The second kappa shape index (κ2) is 5.22. The highest BCUT2D eigenvalue weighted by Gasteiger charge is 2.19. The topological polar surface area (TPSA) is 56.6 Å². The zero-order valence-corrected chi connectivity index (χ0v) is 11.1. The van der Waals surface area contributed by atoms with Crippen molar-refractivity contribution in [3.05, 3.63) is 71.2 Å². The molecule has 0 amide bonds. The smallest absolute Gasteiger partial charge is 0.209 e. The van der Waals surface area contributed by atoms with Gasteiger partial charge in [-0.05, 0) is 18.2 Å². The molecule has 0 spiro atoms. The van der Waals surface area contributed by atoms with Crippen LogP contribution in [0.5, 0.6) is 0 Å². The molecule has 0 saturated heterocycles. The molecule has 102 valence electrons. The Balaban J connectivity index is 2.20. The number of aromatic nitrogens is 1. The lowest BCUT2D eigenvalue weighted by atomic mass is 10.0. The molecule has 0 atom stereocenters. The molecule has 0 aliphatic heterocycles. The number of nitrogens with one attached hydrogen (secondary N) is 1. The van der Waals surface area contributed by atoms with E-state index in [0.29, 0.717) is 27.7 Å². The van der Waals surface area contributed by atoms with Gasteiger partial charge in [-0.1, -0.05) is 30.3 Å². The Kier molecular flexibility index (Phi) is 3.25. The van der Waals surface area contributed by atoms with Gasteiger partial charge in [-0.15, -0.1) is 0 Å². The fraction of sp³-hybridized carbons (Fsp3) is 0.0588. The number of carbonyl (C=O) groups excluding carboxylic acids is 1. The van der Waals surface area contributed by atoms with Crippen molar-refractivity contribution in [2.45, 2.75) is 6.42 Å². The van der Waals surface area contributed by atoms with Crippen LogP contribution < -0.4 is 0 Å². The molecule has 0 saturated carbocycles. The minimum absolute atomic E-state index is 0.0529. The highest BCUT2D eigenvalue weighted by atomic mass is 19.1. The molecule has 3 nitrogen and oxygen atoms in total. The van der Waals surface area contributed by atoms with Gasteiger partial charge in [0.25, 0.3) is 0 Å². The van der Waals surface area contributed by atoms with Crippen molar-refractivity contribution in [1.82, 2.24) is 4.98 Å². The number of H-pyrrole nitrogens is 1. The molecule has 2 aromatic carbocycles. The first-order valence-corrected chi connectivity index (χ1v) is 6.47. The van der Waals surface area contributed by atoms with Crippen LogP contribution in [0.15, 0.2) is 48.5 Å². The number of benzene rings is 2. The summed E-state index contributed by atoms with van der Waals surface area (Å²) in [6, 6.07) is 15.1. The zero-order valence-electron chi connectivity index (χ0n) is 11.1. The summed E-state index contributed by atoms with van der Waals surface area (Å²) in [6.45, 7) is 0. The summed E-state index contributed by atoms with van der Waals surface area (Å²) < 4.78 is 13.4. The molecule has 0 aliphatic rings. The van der Waals surface area contributed by atoms with Crippen molar-refractivity contribution in [3.63, 3.8) is 0 Å². The third kappa shape index (κ3) is 2.30. The van der Waals surface area contributed by atoms with Crippen molar-refractivity contribution in [1.29, 1.82) is 5.26 Å². The molecule has 4 heteroatoms. The van der Waals surface area contributed by atoms with E-state index in [1.54, 1.807) is 30.3 Å². The molecule has 0 radical (unpaired) electrons. The molecule has 3 aromatic rings. The minimum Gasteiger partial charge on any atom is -0.352 e. The highest BCUT2D eigenvalue weighted by molar-refractivity contribution is 6.11. The van der Waals surface area contributed by atoms with Crippen LogP contribution >= 0.6 is 0 Å². The first kappa shape index (κ1) is 13.1. The van der Waals surface area contributed by atoms with Crippen LogP contribution in [0.4, 0.5) is 4.39 Å². The fourth-order valence-electron chi connectivity index (χ4n) is 2.41. The first-order valence-electron chi connectivity index (χ1n) is 6.47. The first-order chi connectivity index (χ1) is 10.2. The molecule has 1 aromatic heterocycles. The van der Waals surface area contributed by atoms with E-state index in [1.165, 1.54) is 12.1 Å². The Morgan fingerprint density at radius 3 is 2.67 bits per heavy atom. The van der Waals surface area contributed by atoms with Crippen LogP contribution in [0.1, 0.15) is 21.6 Å². The molecule has 1 heterocycles. The lowest BCUT2D eigenvalue weighted by Crippen LogP contribution is -2.04. The number of aromatic amines is 1. The van der Waals surface area contributed by atoms with Gasteiger partial charge in [0.15, 0.2) is 0 Å². The third-order valence-electron chi connectivity index (χ3n) is 3.39. The predicted molar refractivity (Wildman–Crippen MR) is 77.4 cm³/mol. The van der Waals surface area contributed by atoms with Crippen LogP contribution in [0, 0.1) is 17.1 Å². The van der Waals surface area contributed by atoms with Gasteiger partial charge in [0, 0.05) is 22.0 Å². The summed E-state index contributed by atoms with van der Waals surface area (Å²) in [5.41, 5.74) is 2.08. The number of fused-ring (bicyclic) bond motifs is 1. The number of rotatable bonds is 3. The summed E-state index contributed by atoms with van der Waals surface area (Å²) in [5, 5.41) is 9.55. The molecule has 3 rings (SSSR count). The third-order valence-corrected chi connectivity index (χ3v) is 3.39. The SMILES string of the molecule is N#CCc1c(C(=O)c2ccccc2)[nH]c2ccc(F)cc12. The van der Waals surface area contributed by atoms with Gasteiger partial charge in [-0.2, -0.15) is 5.26 Å². The van der Waals surface area contributed by atoms with Gasteiger partial charge in [0.1, 0.15) is 5.82 Å². The van der Waals surface area contributed by atoms with Crippen molar-refractivity contribution in [2.24, 2.45) is 0 Å². The van der Waals surface area contributed by atoms with Crippen molar-refractivity contribution in [3.8, 4) is 6.07 Å². The van der Waals surface area contributed by atoms with Gasteiger partial charge in [-0.3, -0.25) is 4.79 Å².